The van der Waals surface area contributed by atoms with Gasteiger partial charge in [-0.3, -0.25) is 4.79 Å². The topological polar surface area (TPSA) is 32.3 Å². The van der Waals surface area contributed by atoms with Gasteiger partial charge in [0, 0.05) is 19.1 Å². The molecule has 1 aliphatic heterocycles. The minimum absolute atomic E-state index is 0.119. The maximum atomic E-state index is 12.2. The molecule has 2 aromatic rings. The highest BCUT2D eigenvalue weighted by Gasteiger charge is 2.19. The summed E-state index contributed by atoms with van der Waals surface area (Å²) in [5.74, 6) is 0.119. The third-order valence-electron chi connectivity index (χ3n) is 5.59. The zero-order chi connectivity index (χ0) is 18.9. The highest BCUT2D eigenvalue weighted by Crippen LogP contribution is 2.20. The number of benzene rings is 2. The molecule has 1 amide bonds. The van der Waals surface area contributed by atoms with E-state index in [1.54, 1.807) is 0 Å². The molecular weight excluding hydrogens is 332 g/mol. The summed E-state index contributed by atoms with van der Waals surface area (Å²) in [6.45, 7) is 5.38. The van der Waals surface area contributed by atoms with Crippen molar-refractivity contribution in [2.75, 3.05) is 19.6 Å². The third kappa shape index (κ3) is 5.93. The summed E-state index contributed by atoms with van der Waals surface area (Å²) < 4.78 is 0. The Hall–Kier alpha value is -2.13. The van der Waals surface area contributed by atoms with Crippen molar-refractivity contribution in [3.63, 3.8) is 0 Å². The van der Waals surface area contributed by atoms with Gasteiger partial charge in [0.1, 0.15) is 0 Å². The normalized spacial score (nSPS) is 17.6. The van der Waals surface area contributed by atoms with Crippen LogP contribution in [0.4, 0.5) is 0 Å². The molecule has 2 aromatic carbocycles. The lowest BCUT2D eigenvalue weighted by molar-refractivity contribution is -0.120. The van der Waals surface area contributed by atoms with Crippen molar-refractivity contribution in [1.29, 1.82) is 0 Å². The molecule has 1 saturated heterocycles. The van der Waals surface area contributed by atoms with Crippen molar-refractivity contribution in [2.24, 2.45) is 0 Å². The Balaban J connectivity index is 1.39. The fraction of sp³-hybridized carbons (Fsp3) is 0.458. The van der Waals surface area contributed by atoms with Gasteiger partial charge in [-0.1, -0.05) is 67.9 Å². The molecule has 1 aliphatic rings. The molecule has 27 heavy (non-hydrogen) atoms. The van der Waals surface area contributed by atoms with E-state index in [-0.39, 0.29) is 5.91 Å². The summed E-state index contributed by atoms with van der Waals surface area (Å²) in [6, 6.07) is 19.4. The van der Waals surface area contributed by atoms with E-state index in [4.69, 9.17) is 0 Å². The minimum Gasteiger partial charge on any atom is -0.356 e. The first kappa shape index (κ1) is 19.6. The van der Waals surface area contributed by atoms with Crippen LogP contribution in [0.2, 0.25) is 0 Å². The first-order chi connectivity index (χ1) is 13.3. The molecule has 144 valence electrons. The summed E-state index contributed by atoms with van der Waals surface area (Å²) in [4.78, 5) is 14.8. The number of carbonyl (C=O) groups is 1. The van der Waals surface area contributed by atoms with Gasteiger partial charge in [-0.05, 0) is 48.9 Å². The largest absolute Gasteiger partial charge is 0.356 e. The number of likely N-dealkylation sites (tertiary alicyclic amines) is 1. The second-order valence-corrected chi connectivity index (χ2v) is 7.54. The van der Waals surface area contributed by atoms with Crippen LogP contribution < -0.4 is 5.32 Å². The molecule has 3 rings (SSSR count). The van der Waals surface area contributed by atoms with E-state index < -0.39 is 0 Å². The summed E-state index contributed by atoms with van der Waals surface area (Å²) in [6.07, 6.45) is 6.76. The molecule has 0 radical (unpaired) electrons. The van der Waals surface area contributed by atoms with Gasteiger partial charge in [-0.25, -0.2) is 0 Å². The summed E-state index contributed by atoms with van der Waals surface area (Å²) in [7, 11) is 0. The zero-order valence-corrected chi connectivity index (χ0v) is 16.5. The van der Waals surface area contributed by atoms with Gasteiger partial charge in [0.25, 0.3) is 0 Å². The van der Waals surface area contributed by atoms with Crippen LogP contribution in [0.3, 0.4) is 0 Å². The van der Waals surface area contributed by atoms with E-state index in [1.807, 2.05) is 18.2 Å². The molecule has 0 saturated carbocycles. The molecular formula is C24H32N2O. The van der Waals surface area contributed by atoms with Crippen LogP contribution in [0.1, 0.15) is 44.6 Å². The van der Waals surface area contributed by atoms with Gasteiger partial charge < -0.3 is 10.2 Å². The van der Waals surface area contributed by atoms with Crippen LogP contribution in [0, 0.1) is 0 Å². The van der Waals surface area contributed by atoms with Gasteiger partial charge >= 0.3 is 0 Å². The molecule has 0 spiro atoms. The smallest absolute Gasteiger partial charge is 0.224 e. The Morgan fingerprint density at radius 2 is 1.78 bits per heavy atom. The summed E-state index contributed by atoms with van der Waals surface area (Å²) >= 11 is 0. The van der Waals surface area contributed by atoms with E-state index >= 15 is 0 Å². The molecule has 3 nitrogen and oxygen atoms in total. The molecule has 0 aromatic heterocycles. The number of hydrogen-bond donors (Lipinski definition) is 1. The Morgan fingerprint density at radius 3 is 2.52 bits per heavy atom. The van der Waals surface area contributed by atoms with Crippen LogP contribution >= 0.6 is 0 Å². The average Bonchev–Trinajstić information content (AvgIpc) is 2.73. The number of hydrogen-bond acceptors (Lipinski definition) is 2. The Kier molecular flexibility index (Phi) is 7.46. The number of piperidine rings is 1. The van der Waals surface area contributed by atoms with E-state index in [9.17, 15) is 4.79 Å². The van der Waals surface area contributed by atoms with Crippen molar-refractivity contribution in [3.05, 3.63) is 60.2 Å². The van der Waals surface area contributed by atoms with Gasteiger partial charge in [0.05, 0.1) is 6.42 Å². The Bertz CT molecular complexity index is 696. The second kappa shape index (κ2) is 10.3. The summed E-state index contributed by atoms with van der Waals surface area (Å²) in [5, 5.41) is 3.08. The molecule has 1 N–H and O–H groups in total. The SMILES string of the molecule is CC[C@@H]1CCCCN1CCCNC(=O)Cc1ccc(-c2ccccc2)cc1. The van der Waals surface area contributed by atoms with E-state index in [1.165, 1.54) is 43.4 Å². The third-order valence-corrected chi connectivity index (χ3v) is 5.59. The second-order valence-electron chi connectivity index (χ2n) is 7.54. The lowest BCUT2D eigenvalue weighted by Crippen LogP contribution is -2.40. The number of rotatable bonds is 8. The quantitative estimate of drug-likeness (QED) is 0.691. The molecule has 3 heteroatoms. The minimum atomic E-state index is 0.119. The van der Waals surface area contributed by atoms with Crippen LogP contribution in [-0.2, 0) is 11.2 Å². The molecule has 1 fully saturated rings. The lowest BCUT2D eigenvalue weighted by atomic mass is 10.00. The molecule has 1 heterocycles. The van der Waals surface area contributed by atoms with Crippen molar-refractivity contribution in [3.8, 4) is 11.1 Å². The maximum absolute atomic E-state index is 12.2. The van der Waals surface area contributed by atoms with E-state index in [2.05, 4.69) is 53.5 Å². The Labute approximate surface area is 163 Å². The molecule has 0 bridgehead atoms. The standard InChI is InChI=1S/C24H32N2O/c1-2-23-11-6-7-17-26(23)18-8-16-25-24(27)19-20-12-14-22(15-13-20)21-9-4-3-5-10-21/h3-5,9-10,12-15,23H,2,6-8,11,16-19H2,1H3,(H,25,27)/t23-/m1/s1. The van der Waals surface area contributed by atoms with Gasteiger partial charge in [-0.2, -0.15) is 0 Å². The van der Waals surface area contributed by atoms with Crippen molar-refractivity contribution in [1.82, 2.24) is 10.2 Å². The first-order valence-corrected chi connectivity index (χ1v) is 10.4. The van der Waals surface area contributed by atoms with E-state index in [0.29, 0.717) is 6.42 Å². The van der Waals surface area contributed by atoms with Crippen LogP contribution in [0.5, 0.6) is 0 Å². The van der Waals surface area contributed by atoms with Crippen molar-refractivity contribution in [2.45, 2.75) is 51.5 Å². The molecule has 0 aliphatic carbocycles. The molecule has 0 unspecified atom stereocenters. The first-order valence-electron chi connectivity index (χ1n) is 10.4. The number of carbonyl (C=O) groups excluding carboxylic acids is 1. The fourth-order valence-electron chi connectivity index (χ4n) is 4.02. The van der Waals surface area contributed by atoms with Gasteiger partial charge in [0.2, 0.25) is 5.91 Å². The van der Waals surface area contributed by atoms with Crippen LogP contribution in [-0.4, -0.2) is 36.5 Å². The average molecular weight is 365 g/mol. The highest BCUT2D eigenvalue weighted by molar-refractivity contribution is 5.78. The maximum Gasteiger partial charge on any atom is 0.224 e. The lowest BCUT2D eigenvalue weighted by Gasteiger charge is -2.35. The number of nitrogens with one attached hydrogen (secondary N) is 1. The van der Waals surface area contributed by atoms with Gasteiger partial charge in [0.15, 0.2) is 0 Å². The van der Waals surface area contributed by atoms with E-state index in [0.717, 1.165) is 31.1 Å². The van der Waals surface area contributed by atoms with Crippen LogP contribution in [0.25, 0.3) is 11.1 Å². The highest BCUT2D eigenvalue weighted by atomic mass is 16.1. The number of nitrogens with zero attached hydrogens (tertiary/aromatic N) is 1. The zero-order valence-electron chi connectivity index (χ0n) is 16.5. The Morgan fingerprint density at radius 1 is 1.04 bits per heavy atom. The molecule has 1 atom stereocenters. The predicted octanol–water partition coefficient (Wildman–Crippen LogP) is 4.67. The monoisotopic (exact) mass is 364 g/mol. The van der Waals surface area contributed by atoms with Gasteiger partial charge in [-0.15, -0.1) is 0 Å². The van der Waals surface area contributed by atoms with Crippen LogP contribution in [0.15, 0.2) is 54.6 Å². The van der Waals surface area contributed by atoms with Crippen molar-refractivity contribution < 1.29 is 4.79 Å². The summed E-state index contributed by atoms with van der Waals surface area (Å²) in [5.41, 5.74) is 3.46. The fourth-order valence-corrected chi connectivity index (χ4v) is 4.02. The van der Waals surface area contributed by atoms with Crippen molar-refractivity contribution >= 4 is 5.91 Å². The number of amides is 1. The predicted molar refractivity (Wildman–Crippen MR) is 113 cm³/mol.